The third-order valence-electron chi connectivity index (χ3n) is 3.19. The van der Waals surface area contributed by atoms with Crippen molar-refractivity contribution < 1.29 is 0 Å². The zero-order valence-electron chi connectivity index (χ0n) is 10.8. The predicted molar refractivity (Wildman–Crippen MR) is 72.8 cm³/mol. The molecule has 0 atom stereocenters. The van der Waals surface area contributed by atoms with Gasteiger partial charge in [-0.05, 0) is 17.7 Å². The first-order chi connectivity index (χ1) is 8.13. The molecule has 3 nitrogen and oxygen atoms in total. The molecule has 1 aromatic carbocycles. The quantitative estimate of drug-likeness (QED) is 0.846. The van der Waals surface area contributed by atoms with Crippen molar-refractivity contribution in [2.45, 2.75) is 33.0 Å². The van der Waals surface area contributed by atoms with Crippen LogP contribution in [-0.2, 0) is 20.1 Å². The number of benzene rings is 1. The molecule has 1 heterocycles. The van der Waals surface area contributed by atoms with E-state index in [1.54, 1.807) is 0 Å². The van der Waals surface area contributed by atoms with Crippen molar-refractivity contribution >= 4 is 10.9 Å². The summed E-state index contributed by atoms with van der Waals surface area (Å²) in [5.74, 6) is 0. The Morgan fingerprint density at radius 1 is 1.35 bits per heavy atom. The lowest BCUT2D eigenvalue weighted by molar-refractivity contribution is 0.572. The van der Waals surface area contributed by atoms with Crippen LogP contribution in [0.4, 0.5) is 0 Å². The first kappa shape index (κ1) is 12.1. The van der Waals surface area contributed by atoms with Gasteiger partial charge in [0, 0.05) is 42.8 Å². The average molecular weight is 231 g/mol. The number of fused-ring (bicyclic) bond motifs is 1. The van der Waals surface area contributed by atoms with E-state index in [-0.39, 0.29) is 0 Å². The number of nitrogens with zero attached hydrogens (tertiary/aromatic N) is 1. The van der Waals surface area contributed by atoms with Crippen LogP contribution in [0.25, 0.3) is 10.9 Å². The smallest absolute Gasteiger partial charge is 0.0483 e. The lowest BCUT2D eigenvalue weighted by atomic mass is 10.1. The molecule has 2 aromatic rings. The zero-order chi connectivity index (χ0) is 12.4. The summed E-state index contributed by atoms with van der Waals surface area (Å²) >= 11 is 0. The first-order valence-electron chi connectivity index (χ1n) is 6.13. The van der Waals surface area contributed by atoms with Crippen molar-refractivity contribution in [1.82, 2.24) is 9.88 Å². The lowest BCUT2D eigenvalue weighted by Gasteiger charge is -2.08. The second-order valence-electron chi connectivity index (χ2n) is 4.78. The highest BCUT2D eigenvalue weighted by molar-refractivity contribution is 5.84. The third kappa shape index (κ3) is 2.35. The minimum Gasteiger partial charge on any atom is -0.346 e. The van der Waals surface area contributed by atoms with Gasteiger partial charge in [-0.3, -0.25) is 0 Å². The highest BCUT2D eigenvalue weighted by Crippen LogP contribution is 2.22. The van der Waals surface area contributed by atoms with Crippen molar-refractivity contribution in [3.8, 4) is 0 Å². The Morgan fingerprint density at radius 3 is 2.76 bits per heavy atom. The molecule has 0 unspecified atom stereocenters. The van der Waals surface area contributed by atoms with Crippen LogP contribution in [0.2, 0.25) is 0 Å². The molecule has 0 saturated heterocycles. The van der Waals surface area contributed by atoms with E-state index in [0.29, 0.717) is 12.6 Å². The van der Waals surface area contributed by atoms with Gasteiger partial charge in [-0.15, -0.1) is 0 Å². The lowest BCUT2D eigenvalue weighted by Crippen LogP contribution is -2.22. The Morgan fingerprint density at radius 2 is 2.12 bits per heavy atom. The molecule has 3 N–H and O–H groups in total. The number of nitrogens with one attached hydrogen (secondary N) is 1. The fourth-order valence-corrected chi connectivity index (χ4v) is 2.13. The highest BCUT2D eigenvalue weighted by Gasteiger charge is 2.08. The van der Waals surface area contributed by atoms with Gasteiger partial charge in [-0.25, -0.2) is 0 Å². The minimum atomic E-state index is 0.502. The summed E-state index contributed by atoms with van der Waals surface area (Å²) < 4.78 is 2.24. The summed E-state index contributed by atoms with van der Waals surface area (Å²) in [5, 5.41) is 4.72. The molecule has 3 heteroatoms. The van der Waals surface area contributed by atoms with E-state index in [2.05, 4.69) is 55.0 Å². The standard InChI is InChI=1S/C14H21N3/c1-10(2)16-9-12-7-13-11(8-15)5-4-6-14(13)17(12)3/h4-7,10,16H,8-9,15H2,1-3H3. The van der Waals surface area contributed by atoms with Gasteiger partial charge in [0.2, 0.25) is 0 Å². The van der Waals surface area contributed by atoms with E-state index in [4.69, 9.17) is 5.73 Å². The first-order valence-corrected chi connectivity index (χ1v) is 6.13. The molecule has 92 valence electrons. The largest absolute Gasteiger partial charge is 0.346 e. The summed E-state index contributed by atoms with van der Waals surface area (Å²) in [6.45, 7) is 5.81. The molecule has 1 aromatic heterocycles. The van der Waals surface area contributed by atoms with Crippen LogP contribution in [-0.4, -0.2) is 10.6 Å². The summed E-state index contributed by atoms with van der Waals surface area (Å²) in [5.41, 5.74) is 9.55. The highest BCUT2D eigenvalue weighted by atomic mass is 15.0. The average Bonchev–Trinajstić information content (AvgIpc) is 2.64. The normalized spacial score (nSPS) is 11.6. The Bertz CT molecular complexity index is 511. The fourth-order valence-electron chi connectivity index (χ4n) is 2.13. The van der Waals surface area contributed by atoms with Gasteiger partial charge in [-0.1, -0.05) is 26.0 Å². The zero-order valence-corrected chi connectivity index (χ0v) is 10.8. The molecule has 17 heavy (non-hydrogen) atoms. The maximum atomic E-state index is 5.77. The molecule has 0 aliphatic carbocycles. The SMILES string of the molecule is CC(C)NCc1cc2c(CN)cccc2n1C. The molecule has 0 amide bonds. The van der Waals surface area contributed by atoms with Crippen LogP contribution in [0.3, 0.4) is 0 Å². The number of hydrogen-bond acceptors (Lipinski definition) is 2. The molecule has 0 spiro atoms. The Balaban J connectivity index is 2.41. The van der Waals surface area contributed by atoms with Gasteiger partial charge in [0.25, 0.3) is 0 Å². The van der Waals surface area contributed by atoms with Gasteiger partial charge < -0.3 is 15.6 Å². The van der Waals surface area contributed by atoms with Crippen molar-refractivity contribution in [3.63, 3.8) is 0 Å². The van der Waals surface area contributed by atoms with Gasteiger partial charge in [-0.2, -0.15) is 0 Å². The number of rotatable bonds is 4. The van der Waals surface area contributed by atoms with Crippen LogP contribution in [0.15, 0.2) is 24.3 Å². The van der Waals surface area contributed by atoms with Gasteiger partial charge in [0.05, 0.1) is 0 Å². The molecule has 2 rings (SSSR count). The molecule has 0 saturated carbocycles. The van der Waals surface area contributed by atoms with Gasteiger partial charge in [0.15, 0.2) is 0 Å². The fraction of sp³-hybridized carbons (Fsp3) is 0.429. The van der Waals surface area contributed by atoms with Crippen LogP contribution in [0.5, 0.6) is 0 Å². The second-order valence-corrected chi connectivity index (χ2v) is 4.78. The summed E-state index contributed by atoms with van der Waals surface area (Å²) in [7, 11) is 2.11. The van der Waals surface area contributed by atoms with Crippen molar-refractivity contribution in [2.24, 2.45) is 12.8 Å². The van der Waals surface area contributed by atoms with Crippen molar-refractivity contribution in [1.29, 1.82) is 0 Å². The molecular weight excluding hydrogens is 210 g/mol. The Kier molecular flexibility index (Phi) is 3.50. The van der Waals surface area contributed by atoms with Gasteiger partial charge >= 0.3 is 0 Å². The molecular formula is C14H21N3. The van der Waals surface area contributed by atoms with Crippen molar-refractivity contribution in [3.05, 3.63) is 35.5 Å². The topological polar surface area (TPSA) is 43.0 Å². The van der Waals surface area contributed by atoms with Crippen LogP contribution in [0.1, 0.15) is 25.1 Å². The minimum absolute atomic E-state index is 0.502. The van der Waals surface area contributed by atoms with E-state index < -0.39 is 0 Å². The molecule has 0 bridgehead atoms. The number of nitrogens with two attached hydrogens (primary N) is 1. The third-order valence-corrected chi connectivity index (χ3v) is 3.19. The van der Waals surface area contributed by atoms with E-state index in [9.17, 15) is 0 Å². The second kappa shape index (κ2) is 4.90. The molecule has 0 radical (unpaired) electrons. The Hall–Kier alpha value is -1.32. The number of hydrogen-bond donors (Lipinski definition) is 2. The maximum absolute atomic E-state index is 5.77. The van der Waals surface area contributed by atoms with Crippen LogP contribution in [0, 0.1) is 0 Å². The van der Waals surface area contributed by atoms with E-state index in [1.165, 1.54) is 22.2 Å². The summed E-state index contributed by atoms with van der Waals surface area (Å²) in [6.07, 6.45) is 0. The van der Waals surface area contributed by atoms with Crippen molar-refractivity contribution in [2.75, 3.05) is 0 Å². The number of aromatic nitrogens is 1. The van der Waals surface area contributed by atoms with E-state index >= 15 is 0 Å². The van der Waals surface area contributed by atoms with Crippen LogP contribution < -0.4 is 11.1 Å². The molecule has 0 aliphatic heterocycles. The van der Waals surface area contributed by atoms with Gasteiger partial charge in [0.1, 0.15) is 0 Å². The van der Waals surface area contributed by atoms with E-state index in [0.717, 1.165) is 6.54 Å². The predicted octanol–water partition coefficient (Wildman–Crippen LogP) is 2.13. The Labute approximate surface area is 103 Å². The number of aryl methyl sites for hydroxylation is 1. The monoisotopic (exact) mass is 231 g/mol. The van der Waals surface area contributed by atoms with E-state index in [1.807, 2.05) is 0 Å². The summed E-state index contributed by atoms with van der Waals surface area (Å²) in [6, 6.07) is 9.06. The molecule has 0 aliphatic rings. The van der Waals surface area contributed by atoms with Crippen LogP contribution >= 0.6 is 0 Å². The molecule has 0 fully saturated rings. The maximum Gasteiger partial charge on any atom is 0.0483 e. The summed E-state index contributed by atoms with van der Waals surface area (Å²) in [4.78, 5) is 0.